The Balaban J connectivity index is 2.02. The first kappa shape index (κ1) is 14.0. The lowest BCUT2D eigenvalue weighted by Gasteiger charge is -2.14. The lowest BCUT2D eigenvalue weighted by Crippen LogP contribution is -2.32. The van der Waals surface area contributed by atoms with Crippen LogP contribution in [0.3, 0.4) is 0 Å². The van der Waals surface area contributed by atoms with Crippen molar-refractivity contribution in [3.05, 3.63) is 0 Å². The Morgan fingerprint density at radius 3 is 2.62 bits per heavy atom. The molecule has 0 saturated heterocycles. The molecule has 0 aromatic rings. The maximum Gasteiger partial charge on any atom is 0.223 e. The molecule has 16 heavy (non-hydrogen) atoms. The third-order valence-corrected chi connectivity index (χ3v) is 4.12. The largest absolute Gasteiger partial charge is 0.356 e. The van der Waals surface area contributed by atoms with Crippen molar-refractivity contribution in [3.8, 4) is 0 Å². The van der Waals surface area contributed by atoms with Gasteiger partial charge in [-0.2, -0.15) is 0 Å². The fraction of sp³-hybridized carbons (Fsp3) is 0.923. The average Bonchev–Trinajstić information content (AvgIpc) is 2.69. The van der Waals surface area contributed by atoms with Crippen LogP contribution in [-0.4, -0.2) is 17.8 Å². The molecule has 94 valence electrons. The number of alkyl halides is 1. The van der Waals surface area contributed by atoms with Crippen molar-refractivity contribution in [1.82, 2.24) is 5.32 Å². The van der Waals surface area contributed by atoms with Crippen molar-refractivity contribution in [2.75, 3.05) is 11.9 Å². The second-order valence-electron chi connectivity index (χ2n) is 4.91. The molecule has 1 N–H and O–H groups in total. The van der Waals surface area contributed by atoms with E-state index in [9.17, 15) is 4.79 Å². The van der Waals surface area contributed by atoms with Gasteiger partial charge < -0.3 is 5.32 Å². The molecule has 0 bridgehead atoms. The molecule has 0 radical (unpaired) electrons. The molecule has 2 unspecified atom stereocenters. The SMILES string of the molecule is CC1CCCC1C(=O)NCCCCCCBr. The van der Waals surface area contributed by atoms with E-state index < -0.39 is 0 Å². The Morgan fingerprint density at radius 1 is 1.25 bits per heavy atom. The molecule has 2 atom stereocenters. The molecule has 1 aliphatic rings. The second kappa shape index (κ2) is 8.10. The zero-order valence-corrected chi connectivity index (χ0v) is 11.9. The van der Waals surface area contributed by atoms with Crippen LogP contribution < -0.4 is 5.32 Å². The van der Waals surface area contributed by atoms with E-state index >= 15 is 0 Å². The number of amides is 1. The normalized spacial score (nSPS) is 24.6. The first-order valence-electron chi connectivity index (χ1n) is 6.59. The van der Waals surface area contributed by atoms with Crippen molar-refractivity contribution < 1.29 is 4.79 Å². The summed E-state index contributed by atoms with van der Waals surface area (Å²) in [6.45, 7) is 3.07. The van der Waals surface area contributed by atoms with Crippen LogP contribution in [0.4, 0.5) is 0 Å². The molecular formula is C13H24BrNO. The van der Waals surface area contributed by atoms with Crippen LogP contribution in [0.5, 0.6) is 0 Å². The van der Waals surface area contributed by atoms with E-state index in [0.717, 1.165) is 24.7 Å². The summed E-state index contributed by atoms with van der Waals surface area (Å²) < 4.78 is 0. The molecule has 1 fully saturated rings. The molecule has 1 amide bonds. The lowest BCUT2D eigenvalue weighted by atomic mass is 9.97. The number of rotatable bonds is 7. The summed E-state index contributed by atoms with van der Waals surface area (Å²) in [5, 5.41) is 4.18. The van der Waals surface area contributed by atoms with E-state index in [1.165, 1.54) is 32.1 Å². The minimum atomic E-state index is 0.294. The van der Waals surface area contributed by atoms with E-state index in [4.69, 9.17) is 0 Å². The van der Waals surface area contributed by atoms with Gasteiger partial charge in [-0.1, -0.05) is 42.1 Å². The van der Waals surface area contributed by atoms with Crippen LogP contribution in [0.15, 0.2) is 0 Å². The van der Waals surface area contributed by atoms with E-state index in [-0.39, 0.29) is 0 Å². The first-order chi connectivity index (χ1) is 7.75. The van der Waals surface area contributed by atoms with Crippen LogP contribution in [-0.2, 0) is 4.79 Å². The molecule has 0 aliphatic heterocycles. The molecule has 1 saturated carbocycles. The maximum atomic E-state index is 11.8. The highest BCUT2D eigenvalue weighted by Gasteiger charge is 2.29. The highest BCUT2D eigenvalue weighted by molar-refractivity contribution is 9.09. The van der Waals surface area contributed by atoms with Crippen LogP contribution >= 0.6 is 15.9 Å². The molecule has 2 nitrogen and oxygen atoms in total. The predicted molar refractivity (Wildman–Crippen MR) is 71.8 cm³/mol. The summed E-state index contributed by atoms with van der Waals surface area (Å²) in [4.78, 5) is 11.8. The van der Waals surface area contributed by atoms with E-state index in [1.54, 1.807) is 0 Å². The molecule has 0 aromatic heterocycles. The smallest absolute Gasteiger partial charge is 0.223 e. The molecule has 3 heteroatoms. The quantitative estimate of drug-likeness (QED) is 0.564. The van der Waals surface area contributed by atoms with Crippen LogP contribution in [0.1, 0.15) is 51.9 Å². The zero-order valence-electron chi connectivity index (χ0n) is 10.3. The predicted octanol–water partition coefficient (Wildman–Crippen LogP) is 3.49. The van der Waals surface area contributed by atoms with Gasteiger partial charge in [-0.05, 0) is 31.6 Å². The number of nitrogens with one attached hydrogen (secondary N) is 1. The zero-order chi connectivity index (χ0) is 11.8. The summed E-state index contributed by atoms with van der Waals surface area (Å²) in [5.41, 5.74) is 0. The number of hydrogen-bond donors (Lipinski definition) is 1. The van der Waals surface area contributed by atoms with Gasteiger partial charge in [0.25, 0.3) is 0 Å². The third-order valence-electron chi connectivity index (χ3n) is 3.56. The van der Waals surface area contributed by atoms with Gasteiger partial charge in [0, 0.05) is 17.8 Å². The number of hydrogen-bond acceptors (Lipinski definition) is 1. The van der Waals surface area contributed by atoms with E-state index in [1.807, 2.05) is 0 Å². The fourth-order valence-corrected chi connectivity index (χ4v) is 2.85. The van der Waals surface area contributed by atoms with Gasteiger partial charge in [-0.25, -0.2) is 0 Å². The molecule has 0 heterocycles. The average molecular weight is 290 g/mol. The van der Waals surface area contributed by atoms with Gasteiger partial charge in [-0.15, -0.1) is 0 Å². The Labute approximate surface area is 108 Å². The number of halogens is 1. The topological polar surface area (TPSA) is 29.1 Å². The van der Waals surface area contributed by atoms with Crippen molar-refractivity contribution in [1.29, 1.82) is 0 Å². The van der Waals surface area contributed by atoms with E-state index in [2.05, 4.69) is 28.2 Å². The van der Waals surface area contributed by atoms with E-state index in [0.29, 0.717) is 17.7 Å². The first-order valence-corrected chi connectivity index (χ1v) is 7.71. The Bertz CT molecular complexity index is 208. The molecular weight excluding hydrogens is 266 g/mol. The monoisotopic (exact) mass is 289 g/mol. The summed E-state index contributed by atoms with van der Waals surface area (Å²) in [6.07, 6.45) is 8.41. The van der Waals surface area contributed by atoms with Crippen LogP contribution in [0.25, 0.3) is 0 Å². The Morgan fingerprint density at radius 2 is 2.00 bits per heavy atom. The Hall–Kier alpha value is -0.0500. The highest BCUT2D eigenvalue weighted by Crippen LogP contribution is 2.31. The number of carbonyl (C=O) groups excluding carboxylic acids is 1. The summed E-state index contributed by atoms with van der Waals surface area (Å²) in [6, 6.07) is 0. The lowest BCUT2D eigenvalue weighted by molar-refractivity contribution is -0.125. The maximum absolute atomic E-state index is 11.8. The van der Waals surface area contributed by atoms with Gasteiger partial charge in [0.2, 0.25) is 5.91 Å². The third kappa shape index (κ3) is 4.86. The van der Waals surface area contributed by atoms with Crippen molar-refractivity contribution >= 4 is 21.8 Å². The highest BCUT2D eigenvalue weighted by atomic mass is 79.9. The van der Waals surface area contributed by atoms with Gasteiger partial charge >= 0.3 is 0 Å². The van der Waals surface area contributed by atoms with Crippen LogP contribution in [0.2, 0.25) is 0 Å². The fourth-order valence-electron chi connectivity index (χ4n) is 2.45. The summed E-state index contributed by atoms with van der Waals surface area (Å²) in [7, 11) is 0. The summed E-state index contributed by atoms with van der Waals surface area (Å²) >= 11 is 3.42. The standard InChI is InChI=1S/C13H24BrNO/c1-11-7-6-8-12(11)13(16)15-10-5-3-2-4-9-14/h11-12H,2-10H2,1H3,(H,15,16). The number of carbonyl (C=O) groups is 1. The minimum absolute atomic E-state index is 0.294. The molecule has 0 aromatic carbocycles. The van der Waals surface area contributed by atoms with Gasteiger partial charge in [-0.3, -0.25) is 4.79 Å². The molecule has 1 aliphatic carbocycles. The van der Waals surface area contributed by atoms with Gasteiger partial charge in [0.1, 0.15) is 0 Å². The van der Waals surface area contributed by atoms with Crippen molar-refractivity contribution in [3.63, 3.8) is 0 Å². The van der Waals surface area contributed by atoms with Crippen molar-refractivity contribution in [2.45, 2.75) is 51.9 Å². The summed E-state index contributed by atoms with van der Waals surface area (Å²) in [5.74, 6) is 1.18. The Kier molecular flexibility index (Phi) is 7.10. The minimum Gasteiger partial charge on any atom is -0.356 e. The van der Waals surface area contributed by atoms with Gasteiger partial charge in [0.15, 0.2) is 0 Å². The van der Waals surface area contributed by atoms with Crippen molar-refractivity contribution in [2.24, 2.45) is 11.8 Å². The number of unbranched alkanes of at least 4 members (excludes halogenated alkanes) is 3. The van der Waals surface area contributed by atoms with Crippen LogP contribution in [0, 0.1) is 11.8 Å². The van der Waals surface area contributed by atoms with Gasteiger partial charge in [0.05, 0.1) is 0 Å². The second-order valence-corrected chi connectivity index (χ2v) is 5.70. The molecule has 1 rings (SSSR count). The molecule has 0 spiro atoms.